The monoisotopic (exact) mass is 247 g/mol. The minimum absolute atomic E-state index is 0.726. The van der Waals surface area contributed by atoms with E-state index < -0.39 is 0 Å². The fourth-order valence-corrected chi connectivity index (χ4v) is 2.13. The van der Waals surface area contributed by atoms with Gasteiger partial charge >= 0.3 is 0 Å². The van der Waals surface area contributed by atoms with Crippen LogP contribution in [-0.2, 0) is 11.2 Å². The Hall–Kier alpha value is -1.39. The van der Waals surface area contributed by atoms with Gasteiger partial charge < -0.3 is 10.5 Å². The highest BCUT2D eigenvalue weighted by atomic mass is 16.5. The van der Waals surface area contributed by atoms with E-state index in [1.165, 1.54) is 5.57 Å². The van der Waals surface area contributed by atoms with E-state index in [0.717, 1.165) is 50.5 Å². The molecule has 0 fully saturated rings. The van der Waals surface area contributed by atoms with Gasteiger partial charge in [-0.25, -0.2) is 0 Å². The molecular formula is C14H21N3O. The summed E-state index contributed by atoms with van der Waals surface area (Å²) in [5.74, 6) is 0. The van der Waals surface area contributed by atoms with Gasteiger partial charge in [-0.15, -0.1) is 0 Å². The minimum Gasteiger partial charge on any atom is -0.397 e. The summed E-state index contributed by atoms with van der Waals surface area (Å²) in [5.41, 5.74) is 8.87. The molecule has 0 aliphatic carbocycles. The van der Waals surface area contributed by atoms with Gasteiger partial charge in [0.25, 0.3) is 0 Å². The molecule has 0 amide bonds. The van der Waals surface area contributed by atoms with Crippen LogP contribution in [0.2, 0.25) is 0 Å². The first-order valence-electron chi connectivity index (χ1n) is 6.37. The molecule has 1 aliphatic rings. The number of anilines is 1. The van der Waals surface area contributed by atoms with Crippen LogP contribution in [0.15, 0.2) is 30.0 Å². The van der Waals surface area contributed by atoms with Gasteiger partial charge in [-0.1, -0.05) is 6.08 Å². The molecule has 1 aromatic heterocycles. The lowest BCUT2D eigenvalue weighted by Gasteiger charge is -2.25. The summed E-state index contributed by atoms with van der Waals surface area (Å²) in [6.07, 6.45) is 6.10. The molecule has 1 aliphatic heterocycles. The lowest BCUT2D eigenvalue weighted by molar-refractivity contribution is 0.212. The van der Waals surface area contributed by atoms with Crippen LogP contribution >= 0.6 is 0 Å². The molecule has 4 heteroatoms. The van der Waals surface area contributed by atoms with E-state index >= 15 is 0 Å². The number of methoxy groups -OCH3 is 1. The number of pyridine rings is 1. The van der Waals surface area contributed by atoms with Crippen LogP contribution < -0.4 is 5.73 Å². The van der Waals surface area contributed by atoms with Crippen molar-refractivity contribution in [3.8, 4) is 0 Å². The summed E-state index contributed by atoms with van der Waals surface area (Å²) in [7, 11) is 1.75. The Morgan fingerprint density at radius 2 is 2.33 bits per heavy atom. The highest BCUT2D eigenvalue weighted by Gasteiger charge is 2.11. The van der Waals surface area contributed by atoms with Gasteiger partial charge in [0, 0.05) is 38.9 Å². The largest absolute Gasteiger partial charge is 0.397 e. The van der Waals surface area contributed by atoms with Crippen molar-refractivity contribution in [1.82, 2.24) is 9.88 Å². The highest BCUT2D eigenvalue weighted by molar-refractivity contribution is 5.34. The van der Waals surface area contributed by atoms with Crippen molar-refractivity contribution in [2.75, 3.05) is 39.1 Å². The summed E-state index contributed by atoms with van der Waals surface area (Å²) in [5, 5.41) is 0. The smallest absolute Gasteiger partial charge is 0.0673 e. The van der Waals surface area contributed by atoms with Crippen LogP contribution in [0.4, 0.5) is 5.69 Å². The van der Waals surface area contributed by atoms with E-state index in [2.05, 4.69) is 16.0 Å². The SMILES string of the molecule is COCC1=CCN(CCc2ccc(N)cn2)CC1. The van der Waals surface area contributed by atoms with Crippen molar-refractivity contribution >= 4 is 5.69 Å². The molecule has 2 rings (SSSR count). The maximum absolute atomic E-state index is 5.62. The van der Waals surface area contributed by atoms with Crippen molar-refractivity contribution in [3.05, 3.63) is 35.7 Å². The molecular weight excluding hydrogens is 226 g/mol. The van der Waals surface area contributed by atoms with Crippen LogP contribution in [-0.4, -0.2) is 43.2 Å². The summed E-state index contributed by atoms with van der Waals surface area (Å²) in [6, 6.07) is 3.92. The van der Waals surface area contributed by atoms with Crippen molar-refractivity contribution in [2.45, 2.75) is 12.8 Å². The molecule has 0 aromatic carbocycles. The molecule has 98 valence electrons. The average Bonchev–Trinajstić information content (AvgIpc) is 2.40. The zero-order valence-corrected chi connectivity index (χ0v) is 10.9. The Balaban J connectivity index is 1.77. The number of hydrogen-bond acceptors (Lipinski definition) is 4. The van der Waals surface area contributed by atoms with Crippen molar-refractivity contribution in [1.29, 1.82) is 0 Å². The van der Waals surface area contributed by atoms with Gasteiger partial charge in [0.1, 0.15) is 0 Å². The van der Waals surface area contributed by atoms with Crippen LogP contribution in [0.25, 0.3) is 0 Å². The first-order chi connectivity index (χ1) is 8.78. The standard InChI is InChI=1S/C14H21N3O/c1-18-11-12-4-7-17(8-5-12)9-6-14-3-2-13(15)10-16-14/h2-4,10H,5-9,11,15H2,1H3. The predicted octanol–water partition coefficient (Wildman–Crippen LogP) is 1.48. The van der Waals surface area contributed by atoms with Crippen LogP contribution in [0.1, 0.15) is 12.1 Å². The molecule has 4 nitrogen and oxygen atoms in total. The highest BCUT2D eigenvalue weighted by Crippen LogP contribution is 2.11. The van der Waals surface area contributed by atoms with Gasteiger partial charge in [-0.3, -0.25) is 9.88 Å². The van der Waals surface area contributed by atoms with Gasteiger partial charge in [0.05, 0.1) is 18.5 Å². The lowest BCUT2D eigenvalue weighted by atomic mass is 10.1. The molecule has 2 N–H and O–H groups in total. The Bertz CT molecular complexity index is 400. The van der Waals surface area contributed by atoms with E-state index in [4.69, 9.17) is 10.5 Å². The van der Waals surface area contributed by atoms with Crippen LogP contribution in [0, 0.1) is 0 Å². The van der Waals surface area contributed by atoms with Crippen molar-refractivity contribution in [2.24, 2.45) is 0 Å². The van der Waals surface area contributed by atoms with E-state index in [0.29, 0.717) is 0 Å². The topological polar surface area (TPSA) is 51.4 Å². The molecule has 18 heavy (non-hydrogen) atoms. The van der Waals surface area contributed by atoms with Crippen molar-refractivity contribution < 1.29 is 4.74 Å². The van der Waals surface area contributed by atoms with Gasteiger partial charge in [-0.05, 0) is 24.1 Å². The van der Waals surface area contributed by atoms with E-state index in [9.17, 15) is 0 Å². The Morgan fingerprint density at radius 3 is 2.94 bits per heavy atom. The molecule has 0 saturated carbocycles. The van der Waals surface area contributed by atoms with E-state index in [1.54, 1.807) is 13.3 Å². The molecule has 0 saturated heterocycles. The third-order valence-corrected chi connectivity index (χ3v) is 3.25. The molecule has 2 heterocycles. The number of nitrogen functional groups attached to an aromatic ring is 1. The number of nitrogens with zero attached hydrogens (tertiary/aromatic N) is 2. The third kappa shape index (κ3) is 3.82. The van der Waals surface area contributed by atoms with Gasteiger partial charge in [-0.2, -0.15) is 0 Å². The summed E-state index contributed by atoms with van der Waals surface area (Å²) < 4.78 is 5.15. The molecule has 0 atom stereocenters. The maximum Gasteiger partial charge on any atom is 0.0673 e. The van der Waals surface area contributed by atoms with Crippen LogP contribution in [0.3, 0.4) is 0 Å². The van der Waals surface area contributed by atoms with E-state index in [-0.39, 0.29) is 0 Å². The second-order valence-corrected chi connectivity index (χ2v) is 4.68. The maximum atomic E-state index is 5.62. The Labute approximate surface area is 108 Å². The second kappa shape index (κ2) is 6.52. The number of rotatable bonds is 5. The molecule has 0 radical (unpaired) electrons. The first-order valence-corrected chi connectivity index (χ1v) is 6.37. The second-order valence-electron chi connectivity index (χ2n) is 4.68. The number of hydrogen-bond donors (Lipinski definition) is 1. The normalized spacial score (nSPS) is 16.6. The molecule has 0 unspecified atom stereocenters. The fraction of sp³-hybridized carbons (Fsp3) is 0.500. The lowest BCUT2D eigenvalue weighted by Crippen LogP contribution is -2.31. The zero-order valence-electron chi connectivity index (χ0n) is 10.9. The minimum atomic E-state index is 0.726. The predicted molar refractivity (Wildman–Crippen MR) is 73.4 cm³/mol. The average molecular weight is 247 g/mol. The number of aromatic nitrogens is 1. The fourth-order valence-electron chi connectivity index (χ4n) is 2.13. The molecule has 0 bridgehead atoms. The van der Waals surface area contributed by atoms with Gasteiger partial charge in [0.2, 0.25) is 0 Å². The quantitative estimate of drug-likeness (QED) is 0.801. The Morgan fingerprint density at radius 1 is 1.44 bits per heavy atom. The Kier molecular flexibility index (Phi) is 4.73. The number of ether oxygens (including phenoxy) is 1. The summed E-state index contributed by atoms with van der Waals surface area (Å²) in [6.45, 7) is 3.96. The third-order valence-electron chi connectivity index (χ3n) is 3.25. The van der Waals surface area contributed by atoms with E-state index in [1.807, 2.05) is 12.1 Å². The molecule has 1 aromatic rings. The zero-order chi connectivity index (χ0) is 12.8. The van der Waals surface area contributed by atoms with Crippen molar-refractivity contribution in [3.63, 3.8) is 0 Å². The molecule has 0 spiro atoms. The summed E-state index contributed by atoms with van der Waals surface area (Å²) >= 11 is 0. The van der Waals surface area contributed by atoms with Gasteiger partial charge in [0.15, 0.2) is 0 Å². The first kappa shape index (κ1) is 13.1. The number of nitrogens with two attached hydrogens (primary N) is 1. The van der Waals surface area contributed by atoms with Crippen LogP contribution in [0.5, 0.6) is 0 Å². The summed E-state index contributed by atoms with van der Waals surface area (Å²) in [4.78, 5) is 6.76.